The highest BCUT2D eigenvalue weighted by Crippen LogP contribution is 2.33. The normalized spacial score (nSPS) is 14.2. The molecule has 1 fully saturated rings. The largest absolute Gasteiger partial charge is 0.493 e. The number of anilines is 1. The van der Waals surface area contributed by atoms with Gasteiger partial charge in [0.25, 0.3) is 10.0 Å². The first-order valence-corrected chi connectivity index (χ1v) is 16.1. The number of hydrogen-bond donors (Lipinski definition) is 1. The zero-order chi connectivity index (χ0) is 31.1. The second-order valence-electron chi connectivity index (χ2n) is 10.3. The predicted molar refractivity (Wildman–Crippen MR) is 167 cm³/mol. The van der Waals surface area contributed by atoms with Crippen molar-refractivity contribution in [1.82, 2.24) is 10.2 Å². The maximum Gasteiger partial charge on any atom is 0.264 e. The number of methoxy groups -OCH3 is 2. The molecule has 43 heavy (non-hydrogen) atoms. The summed E-state index contributed by atoms with van der Waals surface area (Å²) in [7, 11) is -1.44. The minimum absolute atomic E-state index is 0.0297. The maximum absolute atomic E-state index is 14.1. The molecule has 0 heterocycles. The van der Waals surface area contributed by atoms with Crippen LogP contribution in [0.3, 0.4) is 0 Å². The molecule has 1 aliphatic carbocycles. The zero-order valence-electron chi connectivity index (χ0n) is 24.3. The highest BCUT2D eigenvalue weighted by Gasteiger charge is 2.34. The van der Waals surface area contributed by atoms with Gasteiger partial charge in [-0.25, -0.2) is 8.42 Å². The first-order valence-electron chi connectivity index (χ1n) is 13.9. The van der Waals surface area contributed by atoms with Crippen molar-refractivity contribution in [2.24, 2.45) is 0 Å². The molecule has 4 rings (SSSR count). The van der Waals surface area contributed by atoms with Gasteiger partial charge in [0.1, 0.15) is 12.6 Å². The molecule has 9 nitrogen and oxygen atoms in total. The summed E-state index contributed by atoms with van der Waals surface area (Å²) in [5.74, 6) is -0.376. The van der Waals surface area contributed by atoms with Crippen LogP contribution in [0.5, 0.6) is 11.5 Å². The highest BCUT2D eigenvalue weighted by molar-refractivity contribution is 7.92. The van der Waals surface area contributed by atoms with Crippen LogP contribution >= 0.6 is 23.2 Å². The SMILES string of the molecule is COc1ccc(S(=O)(=O)N(CC(=O)N(Cc2c(Cl)cccc2Cl)[C@H](C)C(=O)NC2CCCC2)c2ccccc2)cc1OC. The molecule has 0 bridgehead atoms. The van der Waals surface area contributed by atoms with E-state index in [4.69, 9.17) is 32.7 Å². The average Bonchev–Trinajstić information content (AvgIpc) is 3.52. The lowest BCUT2D eigenvalue weighted by atomic mass is 10.1. The second-order valence-corrected chi connectivity index (χ2v) is 12.9. The van der Waals surface area contributed by atoms with E-state index in [1.54, 1.807) is 55.5 Å². The maximum atomic E-state index is 14.1. The molecule has 1 saturated carbocycles. The zero-order valence-corrected chi connectivity index (χ0v) is 26.6. The molecular weight excluding hydrogens is 613 g/mol. The Balaban J connectivity index is 1.72. The van der Waals surface area contributed by atoms with Crippen LogP contribution in [-0.2, 0) is 26.2 Å². The van der Waals surface area contributed by atoms with Gasteiger partial charge < -0.3 is 19.7 Å². The molecule has 0 aromatic heterocycles. The summed E-state index contributed by atoms with van der Waals surface area (Å²) >= 11 is 12.9. The fraction of sp³-hybridized carbons (Fsp3) is 0.355. The first-order chi connectivity index (χ1) is 20.6. The van der Waals surface area contributed by atoms with Crippen molar-refractivity contribution in [3.63, 3.8) is 0 Å². The van der Waals surface area contributed by atoms with Gasteiger partial charge in [-0.05, 0) is 56.2 Å². The molecule has 3 aromatic rings. The molecule has 1 aliphatic rings. The average molecular weight is 649 g/mol. The van der Waals surface area contributed by atoms with Crippen LogP contribution in [0.1, 0.15) is 38.2 Å². The Morgan fingerprint density at radius 3 is 2.16 bits per heavy atom. The lowest BCUT2D eigenvalue weighted by molar-refractivity contribution is -0.139. The van der Waals surface area contributed by atoms with Gasteiger partial charge in [-0.1, -0.05) is 60.3 Å². The van der Waals surface area contributed by atoms with Crippen LogP contribution in [0.2, 0.25) is 10.0 Å². The minimum atomic E-state index is -4.30. The summed E-state index contributed by atoms with van der Waals surface area (Å²) in [6, 6.07) is 16.6. The Morgan fingerprint density at radius 2 is 1.56 bits per heavy atom. The molecule has 2 amide bonds. The number of carbonyl (C=O) groups excluding carboxylic acids is 2. The number of amides is 2. The molecule has 0 spiro atoms. The third kappa shape index (κ3) is 7.55. The summed E-state index contributed by atoms with van der Waals surface area (Å²) in [6.45, 7) is 0.919. The first kappa shape index (κ1) is 32.4. The van der Waals surface area contributed by atoms with Crippen molar-refractivity contribution < 1.29 is 27.5 Å². The summed E-state index contributed by atoms with van der Waals surface area (Å²) in [5, 5.41) is 3.69. The standard InChI is InChI=1S/C31H35Cl2N3O6S/c1-21(31(38)34-22-10-7-8-11-22)35(19-25-26(32)14-9-15-27(25)33)30(37)20-36(23-12-5-4-6-13-23)43(39,40)24-16-17-28(41-2)29(18-24)42-3/h4-6,9,12-18,21-22H,7-8,10-11,19-20H2,1-3H3,(H,34,38)/t21-/m1/s1. The summed E-state index contributed by atoms with van der Waals surface area (Å²) in [4.78, 5) is 28.7. The number of halogens is 2. The third-order valence-corrected chi connectivity index (χ3v) is 10.0. The van der Waals surface area contributed by atoms with Crippen LogP contribution in [0.15, 0.2) is 71.6 Å². The Morgan fingerprint density at radius 1 is 0.930 bits per heavy atom. The molecule has 0 unspecified atom stereocenters. The third-order valence-electron chi connectivity index (χ3n) is 7.53. The quantitative estimate of drug-likeness (QED) is 0.271. The lowest BCUT2D eigenvalue weighted by Crippen LogP contribution is -2.52. The summed E-state index contributed by atoms with van der Waals surface area (Å²) < 4.78 is 39.8. The van der Waals surface area contributed by atoms with Gasteiger partial charge in [-0.2, -0.15) is 0 Å². The molecule has 0 aliphatic heterocycles. The van der Waals surface area contributed by atoms with Crippen LogP contribution in [-0.4, -0.2) is 58.0 Å². The number of ether oxygens (including phenoxy) is 2. The van der Waals surface area contributed by atoms with E-state index in [0.29, 0.717) is 21.4 Å². The topological polar surface area (TPSA) is 105 Å². The number of para-hydroxylation sites is 1. The van der Waals surface area contributed by atoms with E-state index < -0.39 is 28.5 Å². The van der Waals surface area contributed by atoms with E-state index in [1.165, 1.54) is 37.3 Å². The van der Waals surface area contributed by atoms with Gasteiger partial charge in [0, 0.05) is 34.3 Å². The Kier molecular flexibility index (Phi) is 10.8. The van der Waals surface area contributed by atoms with E-state index in [2.05, 4.69) is 5.32 Å². The molecule has 0 radical (unpaired) electrons. The van der Waals surface area contributed by atoms with Crippen LogP contribution < -0.4 is 19.1 Å². The molecule has 1 atom stereocenters. The van der Waals surface area contributed by atoms with Gasteiger partial charge >= 0.3 is 0 Å². The van der Waals surface area contributed by atoms with E-state index in [1.807, 2.05) is 0 Å². The number of nitrogens with one attached hydrogen (secondary N) is 1. The van der Waals surface area contributed by atoms with Gasteiger partial charge in [-0.3, -0.25) is 13.9 Å². The lowest BCUT2D eigenvalue weighted by Gasteiger charge is -2.33. The molecule has 1 N–H and O–H groups in total. The van der Waals surface area contributed by atoms with E-state index in [0.717, 1.165) is 30.0 Å². The molecule has 230 valence electrons. The van der Waals surface area contributed by atoms with E-state index in [9.17, 15) is 18.0 Å². The van der Waals surface area contributed by atoms with Crippen LogP contribution in [0.4, 0.5) is 5.69 Å². The Labute approximate surface area is 262 Å². The molecular formula is C31H35Cl2N3O6S. The number of sulfonamides is 1. The minimum Gasteiger partial charge on any atom is -0.493 e. The van der Waals surface area contributed by atoms with Gasteiger partial charge in [0.05, 0.1) is 24.8 Å². The van der Waals surface area contributed by atoms with E-state index in [-0.39, 0.29) is 34.8 Å². The number of rotatable bonds is 12. The van der Waals surface area contributed by atoms with Crippen molar-refractivity contribution in [1.29, 1.82) is 0 Å². The summed E-state index contributed by atoms with van der Waals surface area (Å²) in [6.07, 6.45) is 3.79. The Hall–Kier alpha value is -3.47. The molecule has 3 aromatic carbocycles. The van der Waals surface area contributed by atoms with Crippen molar-refractivity contribution in [2.75, 3.05) is 25.1 Å². The molecule has 12 heteroatoms. The summed E-state index contributed by atoms with van der Waals surface area (Å²) in [5.41, 5.74) is 0.720. The van der Waals surface area contributed by atoms with Crippen molar-refractivity contribution in [3.05, 3.63) is 82.3 Å². The van der Waals surface area contributed by atoms with Gasteiger partial charge in [0.2, 0.25) is 11.8 Å². The highest BCUT2D eigenvalue weighted by atomic mass is 35.5. The van der Waals surface area contributed by atoms with Gasteiger partial charge in [-0.15, -0.1) is 0 Å². The van der Waals surface area contributed by atoms with E-state index >= 15 is 0 Å². The van der Waals surface area contributed by atoms with Crippen molar-refractivity contribution in [3.8, 4) is 11.5 Å². The second kappa shape index (κ2) is 14.3. The number of nitrogens with zero attached hydrogens (tertiary/aromatic N) is 2. The molecule has 0 saturated heterocycles. The fourth-order valence-corrected chi connectivity index (χ4v) is 7.00. The number of carbonyl (C=O) groups is 2. The van der Waals surface area contributed by atoms with Gasteiger partial charge in [0.15, 0.2) is 11.5 Å². The van der Waals surface area contributed by atoms with Crippen molar-refractivity contribution >= 4 is 50.7 Å². The Bertz CT molecular complexity index is 1530. The smallest absolute Gasteiger partial charge is 0.264 e. The van der Waals surface area contributed by atoms with Crippen molar-refractivity contribution in [2.45, 2.75) is 56.1 Å². The van der Waals surface area contributed by atoms with Crippen LogP contribution in [0, 0.1) is 0 Å². The predicted octanol–water partition coefficient (Wildman–Crippen LogP) is 5.68. The van der Waals surface area contributed by atoms with Crippen LogP contribution in [0.25, 0.3) is 0 Å². The fourth-order valence-electron chi connectivity index (χ4n) is 5.06. The number of benzene rings is 3. The number of hydrogen-bond acceptors (Lipinski definition) is 6. The monoisotopic (exact) mass is 647 g/mol.